The fraction of sp³-hybridized carbons (Fsp3) is 0.429. The summed E-state index contributed by atoms with van der Waals surface area (Å²) >= 11 is 0. The van der Waals surface area contributed by atoms with Crippen molar-refractivity contribution in [2.45, 2.75) is 19.9 Å². The quantitative estimate of drug-likeness (QED) is 0.640. The molecule has 6 nitrogen and oxygen atoms in total. The first-order chi connectivity index (χ1) is 6.24. The Morgan fingerprint density at radius 2 is 2.46 bits per heavy atom. The van der Waals surface area contributed by atoms with Gasteiger partial charge in [0.25, 0.3) is 0 Å². The summed E-state index contributed by atoms with van der Waals surface area (Å²) in [5.41, 5.74) is 0. The molecule has 0 radical (unpaired) electrons. The van der Waals surface area contributed by atoms with Crippen LogP contribution in [0, 0.1) is 0 Å². The molecule has 2 N–H and O–H groups in total. The molecule has 0 fully saturated rings. The topological polar surface area (TPSA) is 83.6 Å². The molecule has 1 unspecified atom stereocenters. The van der Waals surface area contributed by atoms with Crippen LogP contribution < -0.4 is 5.32 Å². The number of amides is 1. The Balaban J connectivity index is 2.51. The van der Waals surface area contributed by atoms with E-state index >= 15 is 0 Å². The van der Waals surface area contributed by atoms with Crippen LogP contribution in [0.2, 0.25) is 0 Å². The molecule has 70 valence electrons. The maximum absolute atomic E-state index is 11.1. The first kappa shape index (κ1) is 9.37. The maximum atomic E-state index is 11.1. The molecule has 6 heteroatoms. The molecule has 1 aromatic rings. The van der Waals surface area contributed by atoms with E-state index in [0.717, 1.165) is 0 Å². The molecule has 0 aliphatic heterocycles. The minimum absolute atomic E-state index is 0.167. The van der Waals surface area contributed by atoms with Crippen LogP contribution in [0.15, 0.2) is 12.2 Å². The normalized spacial score (nSPS) is 13.1. The van der Waals surface area contributed by atoms with Crippen LogP contribution in [0.5, 0.6) is 0 Å². The summed E-state index contributed by atoms with van der Waals surface area (Å²) in [4.78, 5) is 11.1. The first-order valence-corrected chi connectivity index (χ1v) is 3.90. The highest BCUT2D eigenvalue weighted by Crippen LogP contribution is 2.02. The Kier molecular flexibility index (Phi) is 3.13. The van der Waals surface area contributed by atoms with Crippen molar-refractivity contribution in [3.8, 4) is 0 Å². The Bertz CT molecular complexity index is 292. The molecule has 0 saturated carbocycles. The van der Waals surface area contributed by atoms with Crippen molar-refractivity contribution in [2.75, 3.05) is 0 Å². The van der Waals surface area contributed by atoms with Gasteiger partial charge in [-0.05, 0) is 19.9 Å². The van der Waals surface area contributed by atoms with Gasteiger partial charge in [-0.1, -0.05) is 11.3 Å². The molecule has 0 spiro atoms. The average Bonchev–Trinajstić information content (AvgIpc) is 2.55. The van der Waals surface area contributed by atoms with E-state index < -0.39 is 0 Å². The molecule has 1 aromatic heterocycles. The number of aromatic amines is 1. The van der Waals surface area contributed by atoms with Crippen molar-refractivity contribution in [1.29, 1.82) is 0 Å². The van der Waals surface area contributed by atoms with Crippen molar-refractivity contribution in [3.63, 3.8) is 0 Å². The van der Waals surface area contributed by atoms with Gasteiger partial charge in [-0.15, -0.1) is 10.2 Å². The molecule has 0 aliphatic rings. The number of hydrogen-bond acceptors (Lipinski definition) is 4. The number of H-pyrrole nitrogens is 1. The minimum atomic E-state index is -0.234. The third-order valence-electron chi connectivity index (χ3n) is 1.43. The highest BCUT2D eigenvalue weighted by molar-refractivity contribution is 5.87. The second-order valence-electron chi connectivity index (χ2n) is 2.50. The van der Waals surface area contributed by atoms with Crippen molar-refractivity contribution in [2.24, 2.45) is 0 Å². The van der Waals surface area contributed by atoms with Crippen LogP contribution in [0.4, 0.5) is 0 Å². The van der Waals surface area contributed by atoms with Gasteiger partial charge in [0.1, 0.15) is 0 Å². The number of carbonyl (C=O) groups is 1. The van der Waals surface area contributed by atoms with Gasteiger partial charge in [-0.25, -0.2) is 0 Å². The Hall–Kier alpha value is -1.72. The summed E-state index contributed by atoms with van der Waals surface area (Å²) < 4.78 is 0. The lowest BCUT2D eigenvalue weighted by molar-refractivity contribution is -0.117. The summed E-state index contributed by atoms with van der Waals surface area (Å²) in [7, 11) is 0. The van der Waals surface area contributed by atoms with E-state index in [-0.39, 0.29) is 11.9 Å². The van der Waals surface area contributed by atoms with Crippen LogP contribution in [0.3, 0.4) is 0 Å². The van der Waals surface area contributed by atoms with Crippen LogP contribution in [0.1, 0.15) is 25.7 Å². The molecule has 0 aromatic carbocycles. The molecule has 0 aliphatic carbocycles. The van der Waals surface area contributed by atoms with Gasteiger partial charge in [0, 0.05) is 0 Å². The molecule has 1 rings (SSSR count). The van der Waals surface area contributed by atoms with E-state index in [2.05, 4.69) is 25.9 Å². The van der Waals surface area contributed by atoms with Crippen molar-refractivity contribution in [1.82, 2.24) is 25.9 Å². The summed E-state index contributed by atoms with van der Waals surface area (Å²) in [5.74, 6) is 0.303. The predicted octanol–water partition coefficient (Wildman–Crippen LogP) is -0.0470. The molecule has 1 amide bonds. The van der Waals surface area contributed by atoms with Gasteiger partial charge in [0.05, 0.1) is 6.04 Å². The summed E-state index contributed by atoms with van der Waals surface area (Å²) in [6, 6.07) is -0.234. The summed E-state index contributed by atoms with van der Waals surface area (Å²) in [6.45, 7) is 3.56. The fourth-order valence-corrected chi connectivity index (χ4v) is 0.830. The lowest BCUT2D eigenvalue weighted by Crippen LogP contribution is -2.25. The van der Waals surface area contributed by atoms with Gasteiger partial charge in [0.2, 0.25) is 5.91 Å². The Labute approximate surface area is 75.4 Å². The molecule has 0 saturated heterocycles. The number of aromatic nitrogens is 4. The second-order valence-corrected chi connectivity index (χ2v) is 2.50. The predicted molar refractivity (Wildman–Crippen MR) is 45.5 cm³/mol. The zero-order valence-electron chi connectivity index (χ0n) is 7.48. The molecule has 13 heavy (non-hydrogen) atoms. The molecule has 1 atom stereocenters. The van der Waals surface area contributed by atoms with Crippen LogP contribution in [-0.2, 0) is 4.79 Å². The number of tetrazole rings is 1. The zero-order valence-corrected chi connectivity index (χ0v) is 7.48. The van der Waals surface area contributed by atoms with E-state index in [0.29, 0.717) is 5.82 Å². The molecular weight excluding hydrogens is 170 g/mol. The van der Waals surface area contributed by atoms with E-state index in [1.54, 1.807) is 19.9 Å². The van der Waals surface area contributed by atoms with Gasteiger partial charge in [-0.2, -0.15) is 5.21 Å². The van der Waals surface area contributed by atoms with Crippen LogP contribution in [-0.4, -0.2) is 26.5 Å². The van der Waals surface area contributed by atoms with Crippen molar-refractivity contribution < 1.29 is 4.79 Å². The Morgan fingerprint density at radius 3 is 3.00 bits per heavy atom. The van der Waals surface area contributed by atoms with Crippen LogP contribution >= 0.6 is 0 Å². The third-order valence-corrected chi connectivity index (χ3v) is 1.43. The summed E-state index contributed by atoms with van der Waals surface area (Å²) in [5, 5.41) is 15.9. The van der Waals surface area contributed by atoms with Gasteiger partial charge >= 0.3 is 0 Å². The van der Waals surface area contributed by atoms with E-state index in [1.165, 1.54) is 6.08 Å². The third kappa shape index (κ3) is 2.66. The van der Waals surface area contributed by atoms with Gasteiger partial charge in [0.15, 0.2) is 5.82 Å². The molecule has 0 bridgehead atoms. The lowest BCUT2D eigenvalue weighted by atomic mass is 10.3. The lowest BCUT2D eigenvalue weighted by Gasteiger charge is -2.06. The number of allylic oxidation sites excluding steroid dienone is 1. The number of carbonyl (C=O) groups excluding carboxylic acids is 1. The molecular formula is C7H11N5O. The largest absolute Gasteiger partial charge is 0.343 e. The van der Waals surface area contributed by atoms with E-state index in [4.69, 9.17) is 0 Å². The molecule has 1 heterocycles. The van der Waals surface area contributed by atoms with Crippen molar-refractivity contribution >= 4 is 5.91 Å². The maximum Gasteiger partial charge on any atom is 0.244 e. The smallest absolute Gasteiger partial charge is 0.244 e. The van der Waals surface area contributed by atoms with Crippen molar-refractivity contribution in [3.05, 3.63) is 18.0 Å². The van der Waals surface area contributed by atoms with E-state index in [1.807, 2.05) is 0 Å². The zero-order chi connectivity index (χ0) is 9.68. The second kappa shape index (κ2) is 4.34. The first-order valence-electron chi connectivity index (χ1n) is 3.90. The SMILES string of the molecule is C/C=C/C(=O)NC(C)c1nn[nH]n1. The summed E-state index contributed by atoms with van der Waals surface area (Å²) in [6.07, 6.45) is 3.11. The van der Waals surface area contributed by atoms with Gasteiger partial charge in [-0.3, -0.25) is 4.79 Å². The van der Waals surface area contributed by atoms with Gasteiger partial charge < -0.3 is 5.32 Å². The highest BCUT2D eigenvalue weighted by Gasteiger charge is 2.10. The monoisotopic (exact) mass is 181 g/mol. The Morgan fingerprint density at radius 1 is 1.69 bits per heavy atom. The average molecular weight is 181 g/mol. The number of nitrogens with zero attached hydrogens (tertiary/aromatic N) is 3. The number of rotatable bonds is 3. The minimum Gasteiger partial charge on any atom is -0.343 e. The van der Waals surface area contributed by atoms with Crippen LogP contribution in [0.25, 0.3) is 0 Å². The number of hydrogen-bond donors (Lipinski definition) is 2. The fourth-order valence-electron chi connectivity index (χ4n) is 0.830. The number of nitrogens with one attached hydrogen (secondary N) is 2. The highest BCUT2D eigenvalue weighted by atomic mass is 16.1. The standard InChI is InChI=1S/C7H11N5O/c1-3-4-6(13)8-5(2)7-9-11-12-10-7/h3-5H,1-2H3,(H,8,13)(H,9,10,11,12)/b4-3+. The van der Waals surface area contributed by atoms with E-state index in [9.17, 15) is 4.79 Å².